The summed E-state index contributed by atoms with van der Waals surface area (Å²) in [6, 6.07) is 2.51. The van der Waals surface area contributed by atoms with E-state index in [1.165, 1.54) is 10.7 Å². The maximum atomic E-state index is 13.1. The Balaban J connectivity index is 2.28. The van der Waals surface area contributed by atoms with Gasteiger partial charge in [0.2, 0.25) is 0 Å². The van der Waals surface area contributed by atoms with Crippen LogP contribution in [-0.4, -0.2) is 15.6 Å². The molecule has 0 radical (unpaired) electrons. The second-order valence-electron chi connectivity index (χ2n) is 3.81. The topological polar surface area (TPSA) is 34.9 Å². The summed E-state index contributed by atoms with van der Waals surface area (Å²) in [5.74, 6) is -2.33. The van der Waals surface area contributed by atoms with Crippen molar-refractivity contribution in [3.05, 3.63) is 52.3 Å². The molecule has 1 atom stereocenters. The maximum absolute atomic E-state index is 13.1. The quantitative estimate of drug-likeness (QED) is 0.814. The van der Waals surface area contributed by atoms with Gasteiger partial charge in [0.1, 0.15) is 6.04 Å². The predicted octanol–water partition coefficient (Wildman–Crippen LogP) is 3.37. The zero-order valence-electron chi connectivity index (χ0n) is 9.40. The van der Waals surface area contributed by atoms with E-state index in [4.69, 9.17) is 0 Å². The third kappa shape index (κ3) is 2.48. The molecule has 94 valence electrons. The Hall–Kier alpha value is -1.56. The molecular weight excluding hydrogens is 306 g/mol. The summed E-state index contributed by atoms with van der Waals surface area (Å²) in [5.41, 5.74) is 0.119. The van der Waals surface area contributed by atoms with Crippen LogP contribution in [0.4, 0.5) is 8.78 Å². The van der Waals surface area contributed by atoms with Gasteiger partial charge in [-0.3, -0.25) is 9.48 Å². The molecule has 0 saturated carbocycles. The van der Waals surface area contributed by atoms with Crippen LogP contribution in [0, 0.1) is 11.6 Å². The van der Waals surface area contributed by atoms with Gasteiger partial charge in [-0.15, -0.1) is 0 Å². The van der Waals surface area contributed by atoms with Crippen LogP contribution in [0.5, 0.6) is 0 Å². The van der Waals surface area contributed by atoms with Gasteiger partial charge in [-0.25, -0.2) is 8.78 Å². The van der Waals surface area contributed by atoms with Crippen molar-refractivity contribution in [3.63, 3.8) is 0 Å². The second kappa shape index (κ2) is 4.97. The minimum absolute atomic E-state index is 0.119. The lowest BCUT2D eigenvalue weighted by molar-refractivity contribution is 0.0927. The second-order valence-corrected chi connectivity index (χ2v) is 4.72. The molecule has 18 heavy (non-hydrogen) atoms. The van der Waals surface area contributed by atoms with Crippen molar-refractivity contribution in [3.8, 4) is 0 Å². The van der Waals surface area contributed by atoms with Crippen LogP contribution in [0.25, 0.3) is 0 Å². The fourth-order valence-corrected chi connectivity index (χ4v) is 1.84. The van der Waals surface area contributed by atoms with Gasteiger partial charge in [0.05, 0.1) is 10.7 Å². The molecule has 0 bridgehead atoms. The van der Waals surface area contributed by atoms with E-state index in [-0.39, 0.29) is 11.3 Å². The number of carbonyl (C=O) groups is 1. The summed E-state index contributed by atoms with van der Waals surface area (Å²) >= 11 is 3.22. The van der Waals surface area contributed by atoms with Crippen LogP contribution in [-0.2, 0) is 0 Å². The molecule has 6 heteroatoms. The Morgan fingerprint density at radius 1 is 1.39 bits per heavy atom. The average molecular weight is 315 g/mol. The van der Waals surface area contributed by atoms with Gasteiger partial charge >= 0.3 is 0 Å². The van der Waals surface area contributed by atoms with Crippen molar-refractivity contribution < 1.29 is 13.6 Å². The number of carbonyl (C=O) groups excluding carboxylic acids is 1. The summed E-state index contributed by atoms with van der Waals surface area (Å²) in [5, 5.41) is 3.98. The minimum Gasteiger partial charge on any atom is -0.292 e. The van der Waals surface area contributed by atoms with Crippen molar-refractivity contribution in [2.24, 2.45) is 0 Å². The van der Waals surface area contributed by atoms with Gasteiger partial charge in [-0.2, -0.15) is 5.10 Å². The lowest BCUT2D eigenvalue weighted by atomic mass is 10.1. The first-order valence-electron chi connectivity index (χ1n) is 5.18. The first-order chi connectivity index (χ1) is 8.49. The number of Topliss-reactive ketones (excluding diaryl/α,β-unsaturated/α-hetero) is 1. The van der Waals surface area contributed by atoms with Crippen molar-refractivity contribution in [2.45, 2.75) is 13.0 Å². The number of nitrogens with zero attached hydrogens (tertiary/aromatic N) is 2. The molecule has 0 N–H and O–H groups in total. The smallest absolute Gasteiger partial charge is 0.187 e. The lowest BCUT2D eigenvalue weighted by Gasteiger charge is -2.11. The number of halogens is 3. The number of hydrogen-bond acceptors (Lipinski definition) is 2. The van der Waals surface area contributed by atoms with E-state index in [1.54, 1.807) is 19.3 Å². The standard InChI is InChI=1S/C12H9BrF2N2O/c1-7(17-6-9(13)5-16-17)12(18)8-2-3-10(14)11(15)4-8/h2-7H,1H3. The van der Waals surface area contributed by atoms with Crippen molar-refractivity contribution in [1.82, 2.24) is 9.78 Å². The third-order valence-electron chi connectivity index (χ3n) is 2.55. The monoisotopic (exact) mass is 314 g/mol. The summed E-state index contributed by atoms with van der Waals surface area (Å²) in [6.07, 6.45) is 3.19. The number of benzene rings is 1. The summed E-state index contributed by atoms with van der Waals surface area (Å²) in [4.78, 5) is 12.1. The van der Waals surface area contributed by atoms with E-state index in [1.807, 2.05) is 0 Å². The molecule has 0 spiro atoms. The number of rotatable bonds is 3. The molecule has 0 aliphatic carbocycles. The molecule has 0 aliphatic heterocycles. The Kier molecular flexibility index (Phi) is 3.56. The van der Waals surface area contributed by atoms with Crippen LogP contribution < -0.4 is 0 Å². The fraction of sp³-hybridized carbons (Fsp3) is 0.167. The van der Waals surface area contributed by atoms with Crippen LogP contribution in [0.3, 0.4) is 0 Å². The van der Waals surface area contributed by atoms with Gasteiger partial charge in [-0.1, -0.05) is 0 Å². The zero-order chi connectivity index (χ0) is 13.3. The molecule has 1 aromatic carbocycles. The highest BCUT2D eigenvalue weighted by Crippen LogP contribution is 2.18. The number of hydrogen-bond donors (Lipinski definition) is 0. The summed E-state index contributed by atoms with van der Waals surface area (Å²) in [7, 11) is 0. The third-order valence-corrected chi connectivity index (χ3v) is 2.96. The van der Waals surface area contributed by atoms with Gasteiger partial charge < -0.3 is 0 Å². The van der Waals surface area contributed by atoms with Crippen molar-refractivity contribution in [2.75, 3.05) is 0 Å². The molecule has 3 nitrogen and oxygen atoms in total. The molecule has 0 fully saturated rings. The normalized spacial score (nSPS) is 12.4. The first-order valence-corrected chi connectivity index (χ1v) is 5.97. The first kappa shape index (κ1) is 12.9. The summed E-state index contributed by atoms with van der Waals surface area (Å²) < 4.78 is 28.0. The molecule has 1 aromatic heterocycles. The molecule has 1 unspecified atom stereocenters. The summed E-state index contributed by atoms with van der Waals surface area (Å²) in [6.45, 7) is 1.64. The average Bonchev–Trinajstić information content (AvgIpc) is 2.77. The van der Waals surface area contributed by atoms with Crippen LogP contribution >= 0.6 is 15.9 Å². The Morgan fingerprint density at radius 2 is 2.11 bits per heavy atom. The van der Waals surface area contributed by atoms with E-state index in [9.17, 15) is 13.6 Å². The van der Waals surface area contributed by atoms with Crippen LogP contribution in [0.1, 0.15) is 23.3 Å². The van der Waals surface area contributed by atoms with Crippen LogP contribution in [0.2, 0.25) is 0 Å². The Morgan fingerprint density at radius 3 is 2.67 bits per heavy atom. The molecule has 0 saturated heterocycles. The number of ketones is 1. The molecular formula is C12H9BrF2N2O. The van der Waals surface area contributed by atoms with E-state index in [0.717, 1.165) is 16.6 Å². The Bertz CT molecular complexity index is 598. The fourth-order valence-electron chi connectivity index (χ4n) is 1.54. The van der Waals surface area contributed by atoms with E-state index in [0.29, 0.717) is 0 Å². The van der Waals surface area contributed by atoms with Crippen molar-refractivity contribution >= 4 is 21.7 Å². The van der Waals surface area contributed by atoms with Gasteiger partial charge in [0, 0.05) is 11.8 Å². The zero-order valence-corrected chi connectivity index (χ0v) is 11.0. The maximum Gasteiger partial charge on any atom is 0.187 e. The largest absolute Gasteiger partial charge is 0.292 e. The van der Waals surface area contributed by atoms with E-state index >= 15 is 0 Å². The van der Waals surface area contributed by atoms with Gasteiger partial charge in [0.25, 0.3) is 0 Å². The highest BCUT2D eigenvalue weighted by Gasteiger charge is 2.19. The van der Waals surface area contributed by atoms with E-state index in [2.05, 4.69) is 21.0 Å². The minimum atomic E-state index is -1.03. The van der Waals surface area contributed by atoms with E-state index < -0.39 is 17.7 Å². The lowest BCUT2D eigenvalue weighted by Crippen LogP contribution is -2.17. The van der Waals surface area contributed by atoms with Crippen molar-refractivity contribution in [1.29, 1.82) is 0 Å². The predicted molar refractivity (Wildman–Crippen MR) is 65.3 cm³/mol. The Labute approximate surface area is 111 Å². The molecule has 2 aromatic rings. The SMILES string of the molecule is CC(C(=O)c1ccc(F)c(F)c1)n1cc(Br)cn1. The molecule has 0 aliphatic rings. The molecule has 0 amide bonds. The number of aromatic nitrogens is 2. The molecule has 2 rings (SSSR count). The van der Waals surface area contributed by atoms with Crippen LogP contribution in [0.15, 0.2) is 35.1 Å². The van der Waals surface area contributed by atoms with Gasteiger partial charge in [0.15, 0.2) is 17.4 Å². The molecule has 1 heterocycles. The van der Waals surface area contributed by atoms with Gasteiger partial charge in [-0.05, 0) is 41.1 Å². The highest BCUT2D eigenvalue weighted by atomic mass is 79.9. The highest BCUT2D eigenvalue weighted by molar-refractivity contribution is 9.10.